The molecule has 11 heteroatoms. The van der Waals surface area contributed by atoms with Gasteiger partial charge in [-0.15, -0.1) is 0 Å². The van der Waals surface area contributed by atoms with Crippen LogP contribution in [0, 0.1) is 0 Å². The van der Waals surface area contributed by atoms with Gasteiger partial charge >= 0.3 is 0 Å². The van der Waals surface area contributed by atoms with E-state index in [2.05, 4.69) is 5.32 Å². The number of hydrogen-bond acceptors (Lipinski definition) is 6. The Morgan fingerprint density at radius 2 is 1.48 bits per heavy atom. The van der Waals surface area contributed by atoms with Crippen LogP contribution in [0.5, 0.6) is 5.75 Å². The van der Waals surface area contributed by atoms with Crippen molar-refractivity contribution in [2.24, 2.45) is 0 Å². The van der Waals surface area contributed by atoms with Crippen molar-refractivity contribution in [1.29, 1.82) is 0 Å². The first-order chi connectivity index (χ1) is 15.5. The SMILES string of the molecule is CCN(CC)S(=O)(=O)c1ccc(NC(=O)CCc2cc(S(=O)(=O)N(C)C)ccc2OC)cc1. The minimum absolute atomic E-state index is 0.0846. The predicted molar refractivity (Wildman–Crippen MR) is 127 cm³/mol. The zero-order valence-corrected chi connectivity index (χ0v) is 21.2. The van der Waals surface area contributed by atoms with Crippen LogP contribution in [0.3, 0.4) is 0 Å². The predicted octanol–water partition coefficient (Wildman–Crippen LogP) is 2.55. The second kappa shape index (κ2) is 11.1. The van der Waals surface area contributed by atoms with Crippen molar-refractivity contribution in [3.05, 3.63) is 48.0 Å². The maximum atomic E-state index is 12.6. The van der Waals surface area contributed by atoms with E-state index in [1.807, 2.05) is 0 Å². The maximum Gasteiger partial charge on any atom is 0.243 e. The molecule has 9 nitrogen and oxygen atoms in total. The highest BCUT2D eigenvalue weighted by Gasteiger charge is 2.22. The number of sulfonamides is 2. The van der Waals surface area contributed by atoms with Crippen molar-refractivity contribution in [1.82, 2.24) is 8.61 Å². The number of aryl methyl sites for hydroxylation is 1. The van der Waals surface area contributed by atoms with E-state index in [9.17, 15) is 21.6 Å². The monoisotopic (exact) mass is 497 g/mol. The van der Waals surface area contributed by atoms with Crippen molar-refractivity contribution >= 4 is 31.6 Å². The summed E-state index contributed by atoms with van der Waals surface area (Å²) >= 11 is 0. The van der Waals surface area contributed by atoms with Gasteiger partial charge in [0.25, 0.3) is 0 Å². The van der Waals surface area contributed by atoms with Crippen LogP contribution in [0.4, 0.5) is 5.69 Å². The van der Waals surface area contributed by atoms with Crippen molar-refractivity contribution < 1.29 is 26.4 Å². The van der Waals surface area contributed by atoms with Crippen LogP contribution in [0.2, 0.25) is 0 Å². The first-order valence-corrected chi connectivity index (χ1v) is 13.3. The number of carbonyl (C=O) groups is 1. The van der Waals surface area contributed by atoms with Crippen LogP contribution in [-0.2, 0) is 31.3 Å². The van der Waals surface area contributed by atoms with Crippen LogP contribution in [-0.4, -0.2) is 65.6 Å². The molecule has 0 heterocycles. The van der Waals surface area contributed by atoms with Gasteiger partial charge in [-0.25, -0.2) is 21.1 Å². The van der Waals surface area contributed by atoms with E-state index in [1.54, 1.807) is 32.0 Å². The molecule has 0 unspecified atom stereocenters. The molecule has 2 rings (SSSR count). The van der Waals surface area contributed by atoms with E-state index in [0.717, 1.165) is 4.31 Å². The standard InChI is InChI=1S/C22H31N3O6S2/c1-6-25(7-2)33(29,30)19-11-9-18(10-12-19)23-22(26)15-8-17-16-20(13-14-21(17)31-5)32(27,28)24(3)4/h9-14,16H,6-8,15H2,1-5H3,(H,23,26). The van der Waals surface area contributed by atoms with Gasteiger partial charge in [-0.1, -0.05) is 13.8 Å². The molecule has 0 aromatic heterocycles. The maximum absolute atomic E-state index is 12.6. The Labute approximate surface area is 196 Å². The summed E-state index contributed by atoms with van der Waals surface area (Å²) in [5.41, 5.74) is 1.06. The van der Waals surface area contributed by atoms with Crippen molar-refractivity contribution in [3.63, 3.8) is 0 Å². The summed E-state index contributed by atoms with van der Waals surface area (Å²) in [5, 5.41) is 2.73. The molecule has 0 aliphatic carbocycles. The van der Waals surface area contributed by atoms with Gasteiger partial charge in [0.05, 0.1) is 16.9 Å². The Bertz CT molecular complexity index is 1170. The lowest BCUT2D eigenvalue weighted by Crippen LogP contribution is -2.30. The Hall–Kier alpha value is -2.47. The van der Waals surface area contributed by atoms with Crippen LogP contribution in [0.15, 0.2) is 52.3 Å². The highest BCUT2D eigenvalue weighted by atomic mass is 32.2. The molecule has 0 bridgehead atoms. The number of nitrogens with one attached hydrogen (secondary N) is 1. The van der Waals surface area contributed by atoms with Gasteiger partial charge in [0.1, 0.15) is 5.75 Å². The van der Waals surface area contributed by atoms with Crippen molar-refractivity contribution in [2.75, 3.05) is 39.6 Å². The largest absolute Gasteiger partial charge is 0.496 e. The first-order valence-electron chi connectivity index (χ1n) is 10.5. The molecule has 0 atom stereocenters. The smallest absolute Gasteiger partial charge is 0.243 e. The van der Waals surface area contributed by atoms with E-state index < -0.39 is 20.0 Å². The van der Waals surface area contributed by atoms with Crippen molar-refractivity contribution in [2.45, 2.75) is 36.5 Å². The zero-order valence-electron chi connectivity index (χ0n) is 19.5. The molecular weight excluding hydrogens is 466 g/mol. The van der Waals surface area contributed by atoms with E-state index in [-0.39, 0.29) is 28.5 Å². The van der Waals surface area contributed by atoms with Crippen molar-refractivity contribution in [3.8, 4) is 5.75 Å². The fraction of sp³-hybridized carbons (Fsp3) is 0.409. The number of ether oxygens (including phenoxy) is 1. The summed E-state index contributed by atoms with van der Waals surface area (Å²) in [6.07, 6.45) is 0.349. The number of rotatable bonds is 11. The topological polar surface area (TPSA) is 113 Å². The molecule has 2 aromatic rings. The number of hydrogen-bond donors (Lipinski definition) is 1. The molecule has 0 saturated heterocycles. The highest BCUT2D eigenvalue weighted by Crippen LogP contribution is 2.25. The molecule has 0 saturated carbocycles. The summed E-state index contributed by atoms with van der Waals surface area (Å²) in [7, 11) is -2.80. The molecule has 2 aromatic carbocycles. The van der Waals surface area contributed by atoms with E-state index in [4.69, 9.17) is 4.74 Å². The Kier molecular flexibility index (Phi) is 9.01. The molecule has 0 radical (unpaired) electrons. The number of nitrogens with zero attached hydrogens (tertiary/aromatic N) is 2. The molecule has 0 aliphatic heterocycles. The number of anilines is 1. The summed E-state index contributed by atoms with van der Waals surface area (Å²) in [5.74, 6) is 0.198. The van der Waals surface area contributed by atoms with Crippen LogP contribution in [0.1, 0.15) is 25.8 Å². The normalized spacial score (nSPS) is 12.2. The number of amides is 1. The molecule has 0 aliphatic rings. The van der Waals surface area contributed by atoms with Gasteiger partial charge in [-0.05, 0) is 54.4 Å². The van der Waals surface area contributed by atoms with Crippen LogP contribution < -0.4 is 10.1 Å². The third kappa shape index (κ3) is 6.32. The molecule has 33 heavy (non-hydrogen) atoms. The Morgan fingerprint density at radius 1 is 0.909 bits per heavy atom. The number of benzene rings is 2. The third-order valence-electron chi connectivity index (χ3n) is 5.13. The summed E-state index contributed by atoms with van der Waals surface area (Å²) in [4.78, 5) is 12.7. The average molecular weight is 498 g/mol. The lowest BCUT2D eigenvalue weighted by Gasteiger charge is -2.18. The van der Waals surface area contributed by atoms with E-state index in [1.165, 1.54) is 49.8 Å². The minimum atomic E-state index is -3.61. The van der Waals surface area contributed by atoms with E-state index in [0.29, 0.717) is 30.1 Å². The summed E-state index contributed by atoms with van der Waals surface area (Å²) in [6.45, 7) is 4.29. The fourth-order valence-electron chi connectivity index (χ4n) is 3.22. The lowest BCUT2D eigenvalue weighted by atomic mass is 10.1. The number of carbonyl (C=O) groups excluding carboxylic acids is 1. The minimum Gasteiger partial charge on any atom is -0.496 e. The second-order valence-corrected chi connectivity index (χ2v) is 11.5. The van der Waals surface area contributed by atoms with Gasteiger partial charge in [0, 0.05) is 39.3 Å². The highest BCUT2D eigenvalue weighted by molar-refractivity contribution is 7.89. The molecule has 1 N–H and O–H groups in total. The molecule has 0 fully saturated rings. The van der Waals surface area contributed by atoms with E-state index >= 15 is 0 Å². The van der Waals surface area contributed by atoms with Gasteiger partial charge in [-0.2, -0.15) is 4.31 Å². The molecular formula is C22H31N3O6S2. The van der Waals surface area contributed by atoms with Crippen LogP contribution >= 0.6 is 0 Å². The van der Waals surface area contributed by atoms with Gasteiger partial charge in [0.15, 0.2) is 0 Å². The molecule has 0 spiro atoms. The van der Waals surface area contributed by atoms with Gasteiger partial charge in [-0.3, -0.25) is 4.79 Å². The molecule has 1 amide bonds. The second-order valence-electron chi connectivity index (χ2n) is 7.42. The summed E-state index contributed by atoms with van der Waals surface area (Å²) < 4.78 is 57.7. The quantitative estimate of drug-likeness (QED) is 0.511. The fourth-order valence-corrected chi connectivity index (χ4v) is 5.63. The third-order valence-corrected chi connectivity index (χ3v) is 9.01. The average Bonchev–Trinajstić information content (AvgIpc) is 2.78. The van der Waals surface area contributed by atoms with Crippen LogP contribution in [0.25, 0.3) is 0 Å². The lowest BCUT2D eigenvalue weighted by molar-refractivity contribution is -0.116. The Balaban J connectivity index is 2.10. The number of methoxy groups -OCH3 is 1. The zero-order chi connectivity index (χ0) is 24.8. The first kappa shape index (κ1) is 26.8. The molecule has 182 valence electrons. The van der Waals surface area contributed by atoms with Gasteiger partial charge < -0.3 is 10.1 Å². The Morgan fingerprint density at radius 3 is 2.00 bits per heavy atom. The van der Waals surface area contributed by atoms with Gasteiger partial charge in [0.2, 0.25) is 26.0 Å². The summed E-state index contributed by atoms with van der Waals surface area (Å²) in [6, 6.07) is 10.5.